The second-order valence-corrected chi connectivity index (χ2v) is 5.63. The largest absolute Gasteiger partial charge is 0.469 e. The third kappa shape index (κ3) is 5.74. The van der Waals surface area contributed by atoms with Gasteiger partial charge >= 0.3 is 5.97 Å². The molecule has 112 valence electrons. The molecule has 1 N–H and O–H groups in total. The van der Waals surface area contributed by atoms with E-state index in [-0.39, 0.29) is 5.97 Å². The molecule has 1 unspecified atom stereocenters. The number of benzene rings is 1. The SMILES string of the molecule is COC(=O)CCCCCCC(C)(O)c1ccc(C)cc1. The number of methoxy groups -OCH3 is 1. The van der Waals surface area contributed by atoms with Crippen LogP contribution in [0.15, 0.2) is 24.3 Å². The van der Waals surface area contributed by atoms with Crippen LogP contribution in [-0.2, 0) is 15.1 Å². The molecule has 0 aliphatic carbocycles. The lowest BCUT2D eigenvalue weighted by molar-refractivity contribution is -0.140. The number of rotatable bonds is 8. The number of esters is 1. The predicted octanol–water partition coefficient (Wildman–Crippen LogP) is 3.72. The number of carbonyl (C=O) groups is 1. The molecule has 1 aromatic carbocycles. The maximum absolute atomic E-state index is 11.0. The van der Waals surface area contributed by atoms with E-state index in [1.165, 1.54) is 12.7 Å². The van der Waals surface area contributed by atoms with E-state index in [0.717, 1.165) is 37.7 Å². The van der Waals surface area contributed by atoms with Crippen LogP contribution in [0.2, 0.25) is 0 Å². The minimum atomic E-state index is -0.768. The number of aliphatic hydroxyl groups is 1. The van der Waals surface area contributed by atoms with Gasteiger partial charge in [0.1, 0.15) is 0 Å². The molecule has 1 aromatic rings. The van der Waals surface area contributed by atoms with E-state index >= 15 is 0 Å². The van der Waals surface area contributed by atoms with Crippen molar-refractivity contribution >= 4 is 5.97 Å². The minimum absolute atomic E-state index is 0.142. The van der Waals surface area contributed by atoms with Crippen molar-refractivity contribution in [2.75, 3.05) is 7.11 Å². The lowest BCUT2D eigenvalue weighted by Crippen LogP contribution is -2.20. The van der Waals surface area contributed by atoms with Crippen molar-refractivity contribution in [2.24, 2.45) is 0 Å². The highest BCUT2D eigenvalue weighted by Gasteiger charge is 2.21. The average Bonchev–Trinajstić information content (AvgIpc) is 2.42. The van der Waals surface area contributed by atoms with Gasteiger partial charge in [-0.25, -0.2) is 0 Å². The molecule has 0 bridgehead atoms. The molecule has 0 saturated carbocycles. The Morgan fingerprint density at radius 2 is 1.75 bits per heavy atom. The first-order chi connectivity index (χ1) is 9.45. The van der Waals surface area contributed by atoms with Crippen LogP contribution in [0.1, 0.15) is 56.6 Å². The summed E-state index contributed by atoms with van der Waals surface area (Å²) in [6.45, 7) is 3.91. The molecule has 0 aliphatic rings. The number of ether oxygens (including phenoxy) is 1. The van der Waals surface area contributed by atoms with E-state index in [4.69, 9.17) is 0 Å². The van der Waals surface area contributed by atoms with Gasteiger partial charge in [-0.05, 0) is 32.3 Å². The third-order valence-electron chi connectivity index (χ3n) is 3.70. The Morgan fingerprint density at radius 3 is 2.35 bits per heavy atom. The maximum Gasteiger partial charge on any atom is 0.305 e. The Balaban J connectivity index is 2.26. The van der Waals surface area contributed by atoms with E-state index in [1.54, 1.807) is 0 Å². The van der Waals surface area contributed by atoms with Gasteiger partial charge in [0.25, 0.3) is 0 Å². The van der Waals surface area contributed by atoms with Crippen LogP contribution < -0.4 is 0 Å². The Morgan fingerprint density at radius 1 is 1.15 bits per heavy atom. The Labute approximate surface area is 122 Å². The number of hydrogen-bond acceptors (Lipinski definition) is 3. The fourth-order valence-electron chi connectivity index (χ4n) is 2.25. The molecule has 0 saturated heterocycles. The molecule has 20 heavy (non-hydrogen) atoms. The number of unbranched alkanes of at least 4 members (excludes halogenated alkanes) is 3. The van der Waals surface area contributed by atoms with E-state index in [2.05, 4.69) is 4.74 Å². The average molecular weight is 278 g/mol. The Bertz CT molecular complexity index is 407. The van der Waals surface area contributed by atoms with Crippen LogP contribution in [-0.4, -0.2) is 18.2 Å². The fourth-order valence-corrected chi connectivity index (χ4v) is 2.25. The Hall–Kier alpha value is -1.35. The number of aryl methyl sites for hydroxylation is 1. The molecule has 0 fully saturated rings. The van der Waals surface area contributed by atoms with Crippen molar-refractivity contribution in [3.8, 4) is 0 Å². The monoisotopic (exact) mass is 278 g/mol. The summed E-state index contributed by atoms with van der Waals surface area (Å²) in [5.74, 6) is -0.142. The molecule has 1 atom stereocenters. The normalized spacial score (nSPS) is 13.8. The molecule has 3 nitrogen and oxygen atoms in total. The van der Waals surface area contributed by atoms with Gasteiger partial charge in [0, 0.05) is 6.42 Å². The van der Waals surface area contributed by atoms with Crippen LogP contribution in [0.25, 0.3) is 0 Å². The quantitative estimate of drug-likeness (QED) is 0.582. The molecule has 0 spiro atoms. The molecule has 1 rings (SSSR count). The topological polar surface area (TPSA) is 46.5 Å². The summed E-state index contributed by atoms with van der Waals surface area (Å²) in [4.78, 5) is 11.0. The van der Waals surface area contributed by atoms with Crippen molar-refractivity contribution in [3.05, 3.63) is 35.4 Å². The van der Waals surface area contributed by atoms with Crippen molar-refractivity contribution in [1.29, 1.82) is 0 Å². The summed E-state index contributed by atoms with van der Waals surface area (Å²) < 4.78 is 4.60. The lowest BCUT2D eigenvalue weighted by atomic mass is 9.89. The van der Waals surface area contributed by atoms with Crippen molar-refractivity contribution in [3.63, 3.8) is 0 Å². The van der Waals surface area contributed by atoms with Gasteiger partial charge in [-0.15, -0.1) is 0 Å². The molecule has 0 aliphatic heterocycles. The van der Waals surface area contributed by atoms with E-state index < -0.39 is 5.60 Å². The minimum Gasteiger partial charge on any atom is -0.469 e. The van der Waals surface area contributed by atoms with Crippen LogP contribution in [0.5, 0.6) is 0 Å². The first-order valence-electron chi connectivity index (χ1n) is 7.32. The molecule has 0 amide bonds. The van der Waals surface area contributed by atoms with Gasteiger partial charge in [-0.3, -0.25) is 4.79 Å². The van der Waals surface area contributed by atoms with E-state index in [0.29, 0.717) is 6.42 Å². The molecular weight excluding hydrogens is 252 g/mol. The zero-order chi connectivity index (χ0) is 15.0. The van der Waals surface area contributed by atoms with Crippen molar-refractivity contribution < 1.29 is 14.6 Å². The van der Waals surface area contributed by atoms with Crippen molar-refractivity contribution in [2.45, 2.75) is 58.0 Å². The highest BCUT2D eigenvalue weighted by atomic mass is 16.5. The third-order valence-corrected chi connectivity index (χ3v) is 3.70. The van der Waals surface area contributed by atoms with Crippen LogP contribution in [0, 0.1) is 6.92 Å². The van der Waals surface area contributed by atoms with Crippen LogP contribution in [0.4, 0.5) is 0 Å². The highest BCUT2D eigenvalue weighted by Crippen LogP contribution is 2.27. The lowest BCUT2D eigenvalue weighted by Gasteiger charge is -2.24. The first-order valence-corrected chi connectivity index (χ1v) is 7.32. The van der Waals surface area contributed by atoms with Crippen molar-refractivity contribution in [1.82, 2.24) is 0 Å². The smallest absolute Gasteiger partial charge is 0.305 e. The number of carbonyl (C=O) groups excluding carboxylic acids is 1. The van der Waals surface area contributed by atoms with Crippen LogP contribution >= 0.6 is 0 Å². The van der Waals surface area contributed by atoms with Gasteiger partial charge in [0.2, 0.25) is 0 Å². The van der Waals surface area contributed by atoms with Gasteiger partial charge in [-0.2, -0.15) is 0 Å². The summed E-state index contributed by atoms with van der Waals surface area (Å²) in [6.07, 6.45) is 5.08. The highest BCUT2D eigenvalue weighted by molar-refractivity contribution is 5.68. The zero-order valence-electron chi connectivity index (χ0n) is 12.8. The van der Waals surface area contributed by atoms with E-state index in [9.17, 15) is 9.90 Å². The summed E-state index contributed by atoms with van der Waals surface area (Å²) in [5.41, 5.74) is 1.40. The van der Waals surface area contributed by atoms with Gasteiger partial charge in [-0.1, -0.05) is 49.1 Å². The van der Waals surface area contributed by atoms with Gasteiger partial charge in [0.15, 0.2) is 0 Å². The second kappa shape index (κ2) is 8.05. The molecule has 3 heteroatoms. The molecular formula is C17H26O3. The maximum atomic E-state index is 11.0. The van der Waals surface area contributed by atoms with Gasteiger partial charge < -0.3 is 9.84 Å². The summed E-state index contributed by atoms with van der Waals surface area (Å²) in [7, 11) is 1.42. The predicted molar refractivity (Wildman–Crippen MR) is 80.5 cm³/mol. The summed E-state index contributed by atoms with van der Waals surface area (Å²) >= 11 is 0. The zero-order valence-corrected chi connectivity index (χ0v) is 12.8. The standard InChI is InChI=1S/C17H26O3/c1-14-9-11-15(12-10-14)17(2,19)13-7-5-4-6-8-16(18)20-3/h9-12,19H,4-8,13H2,1-3H3. The number of hydrogen-bond donors (Lipinski definition) is 1. The van der Waals surface area contributed by atoms with E-state index in [1.807, 2.05) is 38.1 Å². The molecule has 0 heterocycles. The summed E-state index contributed by atoms with van der Waals surface area (Å²) in [6, 6.07) is 8.04. The first kappa shape index (κ1) is 16.7. The van der Waals surface area contributed by atoms with Gasteiger partial charge in [0.05, 0.1) is 12.7 Å². The fraction of sp³-hybridized carbons (Fsp3) is 0.588. The molecule has 0 aromatic heterocycles. The second-order valence-electron chi connectivity index (χ2n) is 5.63. The summed E-state index contributed by atoms with van der Waals surface area (Å²) in [5, 5.41) is 10.5. The Kier molecular flexibility index (Phi) is 6.73. The molecule has 0 radical (unpaired) electrons. The van der Waals surface area contributed by atoms with Crippen LogP contribution in [0.3, 0.4) is 0 Å².